The van der Waals surface area contributed by atoms with Crippen LogP contribution in [0, 0.1) is 11.7 Å². The zero-order valence-electron chi connectivity index (χ0n) is 14.5. The first kappa shape index (κ1) is 18.3. The molecule has 1 unspecified atom stereocenters. The van der Waals surface area contributed by atoms with Crippen molar-refractivity contribution >= 4 is 17.7 Å². The summed E-state index contributed by atoms with van der Waals surface area (Å²) in [5, 5.41) is 2.67. The summed E-state index contributed by atoms with van der Waals surface area (Å²) < 4.78 is 13.5. The average Bonchev–Trinajstić information content (AvgIpc) is 3.49. The molecule has 3 rings (SSSR count). The maximum atomic E-state index is 13.5. The van der Waals surface area contributed by atoms with Gasteiger partial charge in [0.15, 0.2) is 6.17 Å². The van der Waals surface area contributed by atoms with E-state index in [0.29, 0.717) is 19.5 Å². The number of hydrogen-bond acceptors (Lipinski definition) is 4. The SMILES string of the molecule is NCCNC(=O)C1N(C(=O)c2cccc(F)c2)CCCN1C(=O)C1CC1. The van der Waals surface area contributed by atoms with Crippen molar-refractivity contribution in [2.24, 2.45) is 11.7 Å². The summed E-state index contributed by atoms with van der Waals surface area (Å²) in [6, 6.07) is 5.34. The van der Waals surface area contributed by atoms with Crippen LogP contribution in [0.1, 0.15) is 29.6 Å². The highest BCUT2D eigenvalue weighted by Crippen LogP contribution is 2.33. The Morgan fingerprint density at radius 1 is 1.19 bits per heavy atom. The Hall–Kier alpha value is -2.48. The van der Waals surface area contributed by atoms with Gasteiger partial charge in [0, 0.05) is 37.7 Å². The number of benzene rings is 1. The van der Waals surface area contributed by atoms with E-state index < -0.39 is 23.8 Å². The number of rotatable bonds is 5. The number of carbonyl (C=O) groups is 3. The maximum Gasteiger partial charge on any atom is 0.263 e. The highest BCUT2D eigenvalue weighted by atomic mass is 19.1. The van der Waals surface area contributed by atoms with Crippen molar-refractivity contribution in [1.82, 2.24) is 15.1 Å². The molecule has 1 aromatic rings. The van der Waals surface area contributed by atoms with Gasteiger partial charge in [0.1, 0.15) is 5.82 Å². The van der Waals surface area contributed by atoms with E-state index in [1.54, 1.807) is 0 Å². The molecular formula is C18H23FN4O3. The predicted molar refractivity (Wildman–Crippen MR) is 92.3 cm³/mol. The third kappa shape index (κ3) is 3.85. The van der Waals surface area contributed by atoms with Crippen LogP contribution in [-0.2, 0) is 9.59 Å². The lowest BCUT2D eigenvalue weighted by Crippen LogP contribution is -2.64. The van der Waals surface area contributed by atoms with Gasteiger partial charge < -0.3 is 20.9 Å². The first-order valence-corrected chi connectivity index (χ1v) is 8.87. The highest BCUT2D eigenvalue weighted by Gasteiger charge is 2.44. The number of nitrogens with two attached hydrogens (primary N) is 1. The Morgan fingerprint density at radius 3 is 2.58 bits per heavy atom. The molecule has 0 bridgehead atoms. The summed E-state index contributed by atoms with van der Waals surface area (Å²) in [6.45, 7) is 1.25. The molecule has 1 saturated heterocycles. The molecule has 1 heterocycles. The van der Waals surface area contributed by atoms with Crippen LogP contribution >= 0.6 is 0 Å². The fraction of sp³-hybridized carbons (Fsp3) is 0.500. The van der Waals surface area contributed by atoms with Crippen LogP contribution in [0.3, 0.4) is 0 Å². The van der Waals surface area contributed by atoms with E-state index in [9.17, 15) is 18.8 Å². The molecule has 1 saturated carbocycles. The number of halogens is 1. The van der Waals surface area contributed by atoms with Gasteiger partial charge in [-0.25, -0.2) is 4.39 Å². The third-order valence-electron chi connectivity index (χ3n) is 4.61. The lowest BCUT2D eigenvalue weighted by Gasteiger charge is -2.43. The second kappa shape index (κ2) is 7.82. The minimum absolute atomic E-state index is 0.0657. The summed E-state index contributed by atoms with van der Waals surface area (Å²) in [5.74, 6) is -1.60. The minimum Gasteiger partial charge on any atom is -0.351 e. The van der Waals surface area contributed by atoms with Gasteiger partial charge >= 0.3 is 0 Å². The molecule has 3 amide bonds. The van der Waals surface area contributed by atoms with Crippen LogP contribution in [0.15, 0.2) is 24.3 Å². The Labute approximate surface area is 151 Å². The molecule has 3 N–H and O–H groups in total. The molecule has 8 heteroatoms. The molecule has 0 radical (unpaired) electrons. The maximum absolute atomic E-state index is 13.5. The van der Waals surface area contributed by atoms with Crippen molar-refractivity contribution in [1.29, 1.82) is 0 Å². The van der Waals surface area contributed by atoms with E-state index in [0.717, 1.165) is 18.9 Å². The van der Waals surface area contributed by atoms with Gasteiger partial charge in [0.2, 0.25) is 5.91 Å². The predicted octanol–water partition coefficient (Wildman–Crippen LogP) is 0.311. The summed E-state index contributed by atoms with van der Waals surface area (Å²) in [7, 11) is 0. The van der Waals surface area contributed by atoms with Crippen LogP contribution in [0.2, 0.25) is 0 Å². The van der Waals surface area contributed by atoms with Crippen molar-refractivity contribution in [3.8, 4) is 0 Å². The lowest BCUT2D eigenvalue weighted by molar-refractivity contribution is -0.150. The number of nitrogens with zero attached hydrogens (tertiary/aromatic N) is 2. The summed E-state index contributed by atoms with van der Waals surface area (Å²) in [4.78, 5) is 41.1. The second-order valence-electron chi connectivity index (χ2n) is 6.62. The standard InChI is InChI=1S/C18H23FN4O3/c19-14-4-1-3-13(11-14)18(26)23-10-2-9-22(17(25)12-5-6-12)16(23)15(24)21-8-7-20/h1,3-4,11-12,16H,2,5-10,20H2,(H,21,24). The van der Waals surface area contributed by atoms with E-state index in [2.05, 4.69) is 5.32 Å². The quantitative estimate of drug-likeness (QED) is 0.788. The van der Waals surface area contributed by atoms with Crippen LogP contribution in [0.25, 0.3) is 0 Å². The molecule has 1 atom stereocenters. The molecule has 0 aromatic heterocycles. The number of hydrogen-bond donors (Lipinski definition) is 2. The Bertz CT molecular complexity index is 707. The van der Waals surface area contributed by atoms with Crippen molar-refractivity contribution in [2.45, 2.75) is 25.4 Å². The molecule has 140 valence electrons. The van der Waals surface area contributed by atoms with Gasteiger partial charge in [-0.15, -0.1) is 0 Å². The van der Waals surface area contributed by atoms with E-state index in [-0.39, 0.29) is 30.5 Å². The van der Waals surface area contributed by atoms with Crippen molar-refractivity contribution < 1.29 is 18.8 Å². The molecular weight excluding hydrogens is 339 g/mol. The number of carbonyl (C=O) groups excluding carboxylic acids is 3. The largest absolute Gasteiger partial charge is 0.351 e. The smallest absolute Gasteiger partial charge is 0.263 e. The highest BCUT2D eigenvalue weighted by molar-refractivity contribution is 5.99. The molecule has 2 aliphatic rings. The van der Waals surface area contributed by atoms with Crippen LogP contribution in [0.5, 0.6) is 0 Å². The first-order chi connectivity index (χ1) is 12.5. The lowest BCUT2D eigenvalue weighted by atomic mass is 10.1. The molecule has 0 spiro atoms. The molecule has 1 aromatic carbocycles. The van der Waals surface area contributed by atoms with Crippen LogP contribution < -0.4 is 11.1 Å². The molecule has 1 aliphatic carbocycles. The second-order valence-corrected chi connectivity index (χ2v) is 6.62. The molecule has 2 fully saturated rings. The van der Waals surface area contributed by atoms with Crippen molar-refractivity contribution in [2.75, 3.05) is 26.2 Å². The van der Waals surface area contributed by atoms with Crippen molar-refractivity contribution in [3.63, 3.8) is 0 Å². The van der Waals surface area contributed by atoms with E-state index in [1.165, 1.54) is 28.0 Å². The zero-order chi connectivity index (χ0) is 18.7. The number of amides is 3. The van der Waals surface area contributed by atoms with Crippen LogP contribution in [0.4, 0.5) is 4.39 Å². The zero-order valence-corrected chi connectivity index (χ0v) is 14.5. The van der Waals surface area contributed by atoms with Gasteiger partial charge in [0.05, 0.1) is 0 Å². The van der Waals surface area contributed by atoms with E-state index in [4.69, 9.17) is 5.73 Å². The Balaban J connectivity index is 1.88. The Morgan fingerprint density at radius 2 is 1.92 bits per heavy atom. The Kier molecular flexibility index (Phi) is 5.51. The monoisotopic (exact) mass is 362 g/mol. The molecule has 1 aliphatic heterocycles. The first-order valence-electron chi connectivity index (χ1n) is 8.87. The van der Waals surface area contributed by atoms with Gasteiger partial charge in [-0.1, -0.05) is 6.07 Å². The topological polar surface area (TPSA) is 95.7 Å². The average molecular weight is 362 g/mol. The fourth-order valence-electron chi connectivity index (χ4n) is 3.19. The van der Waals surface area contributed by atoms with Crippen LogP contribution in [-0.4, -0.2) is 59.9 Å². The van der Waals surface area contributed by atoms with E-state index >= 15 is 0 Å². The van der Waals surface area contributed by atoms with E-state index in [1.807, 2.05) is 0 Å². The summed E-state index contributed by atoms with van der Waals surface area (Å²) >= 11 is 0. The minimum atomic E-state index is -1.03. The third-order valence-corrected chi connectivity index (χ3v) is 4.61. The van der Waals surface area contributed by atoms with Gasteiger partial charge in [0.25, 0.3) is 11.8 Å². The number of nitrogens with one attached hydrogen (secondary N) is 1. The normalized spacial score (nSPS) is 20.0. The van der Waals surface area contributed by atoms with Gasteiger partial charge in [-0.3, -0.25) is 14.4 Å². The molecule has 26 heavy (non-hydrogen) atoms. The van der Waals surface area contributed by atoms with Crippen molar-refractivity contribution in [3.05, 3.63) is 35.6 Å². The fourth-order valence-corrected chi connectivity index (χ4v) is 3.19. The molecule has 7 nitrogen and oxygen atoms in total. The summed E-state index contributed by atoms with van der Waals surface area (Å²) in [5.41, 5.74) is 5.60. The summed E-state index contributed by atoms with van der Waals surface area (Å²) in [6.07, 6.45) is 1.16. The van der Waals surface area contributed by atoms with Gasteiger partial charge in [-0.05, 0) is 37.5 Å². The van der Waals surface area contributed by atoms with Gasteiger partial charge in [-0.2, -0.15) is 0 Å².